The summed E-state index contributed by atoms with van der Waals surface area (Å²) in [5, 5.41) is 9.93. The Morgan fingerprint density at radius 1 is 1.12 bits per heavy atom. The van der Waals surface area contributed by atoms with Crippen molar-refractivity contribution in [1.29, 1.82) is 0 Å². The van der Waals surface area contributed by atoms with Crippen molar-refractivity contribution in [3.63, 3.8) is 0 Å². The Hall–Kier alpha value is -1.96. The molecule has 0 spiro atoms. The third kappa shape index (κ3) is 2.59. The number of ether oxygens (including phenoxy) is 1. The summed E-state index contributed by atoms with van der Waals surface area (Å²) in [4.78, 5) is 0. The number of aryl methyl sites for hydroxylation is 1. The number of phenolic OH excluding ortho intramolecular Hbond substituents is 1. The van der Waals surface area contributed by atoms with Gasteiger partial charge in [0.05, 0.1) is 7.11 Å². The Labute approximate surface area is 101 Å². The van der Waals surface area contributed by atoms with Crippen molar-refractivity contribution >= 4 is 0 Å². The molecule has 0 amide bonds. The first-order valence-electron chi connectivity index (χ1n) is 5.61. The van der Waals surface area contributed by atoms with Crippen LogP contribution in [0.15, 0.2) is 42.5 Å². The lowest BCUT2D eigenvalue weighted by Crippen LogP contribution is -1.93. The van der Waals surface area contributed by atoms with Crippen LogP contribution in [0.3, 0.4) is 0 Å². The summed E-state index contributed by atoms with van der Waals surface area (Å²) in [6.07, 6.45) is 0.734. The Morgan fingerprint density at radius 3 is 2.47 bits per heavy atom. The van der Waals surface area contributed by atoms with Gasteiger partial charge in [0.2, 0.25) is 0 Å². The Kier molecular flexibility index (Phi) is 3.33. The first-order valence-corrected chi connectivity index (χ1v) is 5.61. The van der Waals surface area contributed by atoms with E-state index >= 15 is 0 Å². The summed E-state index contributed by atoms with van der Waals surface area (Å²) < 4.78 is 5.17. The average molecular weight is 228 g/mol. The number of phenols is 1. The van der Waals surface area contributed by atoms with Crippen LogP contribution in [0.4, 0.5) is 0 Å². The maximum absolute atomic E-state index is 9.93. The largest absolute Gasteiger partial charge is 0.508 e. The van der Waals surface area contributed by atoms with Gasteiger partial charge in [0, 0.05) is 12.5 Å². The van der Waals surface area contributed by atoms with Crippen LogP contribution >= 0.6 is 0 Å². The molecule has 0 saturated heterocycles. The molecule has 0 saturated carbocycles. The zero-order valence-electron chi connectivity index (χ0n) is 10.1. The van der Waals surface area contributed by atoms with Crippen LogP contribution in [0.5, 0.6) is 11.5 Å². The van der Waals surface area contributed by atoms with Crippen LogP contribution in [0, 0.1) is 6.92 Å². The molecule has 0 bridgehead atoms. The lowest BCUT2D eigenvalue weighted by molar-refractivity contribution is 0.403. The van der Waals surface area contributed by atoms with Crippen LogP contribution in [-0.4, -0.2) is 12.2 Å². The van der Waals surface area contributed by atoms with Crippen molar-refractivity contribution < 1.29 is 9.84 Å². The Morgan fingerprint density at radius 2 is 1.82 bits per heavy atom. The third-order valence-electron chi connectivity index (χ3n) is 2.83. The van der Waals surface area contributed by atoms with E-state index in [1.165, 1.54) is 5.56 Å². The summed E-state index contributed by atoms with van der Waals surface area (Å²) in [5.41, 5.74) is 3.15. The van der Waals surface area contributed by atoms with E-state index in [0.29, 0.717) is 0 Å². The molecule has 2 aromatic rings. The summed E-state index contributed by atoms with van der Waals surface area (Å²) >= 11 is 0. The molecule has 17 heavy (non-hydrogen) atoms. The van der Waals surface area contributed by atoms with Gasteiger partial charge in [-0.05, 0) is 29.7 Å². The molecule has 0 radical (unpaired) electrons. The van der Waals surface area contributed by atoms with Gasteiger partial charge in [-0.15, -0.1) is 0 Å². The van der Waals surface area contributed by atoms with Gasteiger partial charge in [-0.2, -0.15) is 0 Å². The van der Waals surface area contributed by atoms with Crippen LogP contribution in [0.2, 0.25) is 0 Å². The monoisotopic (exact) mass is 228 g/mol. The zero-order valence-corrected chi connectivity index (χ0v) is 10.1. The second kappa shape index (κ2) is 4.91. The minimum Gasteiger partial charge on any atom is -0.508 e. The topological polar surface area (TPSA) is 29.5 Å². The van der Waals surface area contributed by atoms with Crippen molar-refractivity contribution in [2.75, 3.05) is 7.11 Å². The molecule has 0 aliphatic rings. The molecule has 0 unspecified atom stereocenters. The number of hydrogen-bond donors (Lipinski definition) is 1. The highest BCUT2D eigenvalue weighted by Crippen LogP contribution is 2.29. The maximum atomic E-state index is 9.93. The second-order valence-corrected chi connectivity index (χ2v) is 4.11. The normalized spacial score (nSPS) is 10.2. The second-order valence-electron chi connectivity index (χ2n) is 4.11. The molecule has 0 aliphatic carbocycles. The number of rotatable bonds is 3. The number of aromatic hydroxyl groups is 1. The Balaban J connectivity index is 2.31. The molecule has 0 aromatic heterocycles. The van der Waals surface area contributed by atoms with Crippen molar-refractivity contribution in [1.82, 2.24) is 0 Å². The van der Waals surface area contributed by atoms with E-state index in [0.717, 1.165) is 23.3 Å². The quantitative estimate of drug-likeness (QED) is 0.873. The summed E-state index contributed by atoms with van der Waals surface area (Å²) in [6, 6.07) is 13.8. The van der Waals surface area contributed by atoms with Crippen molar-refractivity contribution in [2.24, 2.45) is 0 Å². The van der Waals surface area contributed by atoms with E-state index in [4.69, 9.17) is 4.74 Å². The average Bonchev–Trinajstić information content (AvgIpc) is 2.34. The van der Waals surface area contributed by atoms with Gasteiger partial charge in [-0.1, -0.05) is 30.3 Å². The molecule has 2 nitrogen and oxygen atoms in total. The molecule has 0 fully saturated rings. The summed E-state index contributed by atoms with van der Waals surface area (Å²) in [5.74, 6) is 1.01. The molecular weight excluding hydrogens is 212 g/mol. The molecule has 2 heteroatoms. The smallest absolute Gasteiger partial charge is 0.125 e. The predicted molar refractivity (Wildman–Crippen MR) is 68.6 cm³/mol. The number of benzene rings is 2. The van der Waals surface area contributed by atoms with Gasteiger partial charge >= 0.3 is 0 Å². The van der Waals surface area contributed by atoms with Gasteiger partial charge in [0.1, 0.15) is 11.5 Å². The molecule has 0 heterocycles. The van der Waals surface area contributed by atoms with Crippen LogP contribution < -0.4 is 4.74 Å². The maximum Gasteiger partial charge on any atom is 0.125 e. The fourth-order valence-electron chi connectivity index (χ4n) is 1.91. The van der Waals surface area contributed by atoms with Crippen molar-refractivity contribution in [3.8, 4) is 11.5 Å². The first-order chi connectivity index (χ1) is 8.20. The van der Waals surface area contributed by atoms with E-state index < -0.39 is 0 Å². The van der Waals surface area contributed by atoms with Crippen LogP contribution in [0.25, 0.3) is 0 Å². The molecular formula is C15H16O2. The van der Waals surface area contributed by atoms with E-state index in [2.05, 4.69) is 12.1 Å². The van der Waals surface area contributed by atoms with Crippen LogP contribution in [0.1, 0.15) is 16.7 Å². The first kappa shape index (κ1) is 11.5. The molecule has 88 valence electrons. The summed E-state index contributed by atoms with van der Waals surface area (Å²) in [7, 11) is 1.61. The number of hydrogen-bond acceptors (Lipinski definition) is 2. The Bertz CT molecular complexity index is 504. The molecule has 1 N–H and O–H groups in total. The van der Waals surface area contributed by atoms with Gasteiger partial charge < -0.3 is 9.84 Å². The SMILES string of the molecule is COc1cc(O)c(Cc2ccccc2)cc1C. The lowest BCUT2D eigenvalue weighted by atomic mass is 10.0. The molecule has 0 aliphatic heterocycles. The van der Waals surface area contributed by atoms with E-state index in [1.807, 2.05) is 31.2 Å². The highest BCUT2D eigenvalue weighted by molar-refractivity contribution is 5.47. The van der Waals surface area contributed by atoms with Gasteiger partial charge in [0.15, 0.2) is 0 Å². The van der Waals surface area contributed by atoms with Gasteiger partial charge in [-0.3, -0.25) is 0 Å². The van der Waals surface area contributed by atoms with E-state index in [9.17, 15) is 5.11 Å². The van der Waals surface area contributed by atoms with E-state index in [-0.39, 0.29) is 5.75 Å². The lowest BCUT2D eigenvalue weighted by Gasteiger charge is -2.10. The van der Waals surface area contributed by atoms with E-state index in [1.54, 1.807) is 13.2 Å². The predicted octanol–water partition coefficient (Wildman–Crippen LogP) is 3.30. The standard InChI is InChI=1S/C15H16O2/c1-11-8-13(14(16)10-15(11)17-2)9-12-6-4-3-5-7-12/h3-8,10,16H,9H2,1-2H3. The van der Waals surface area contributed by atoms with Crippen LogP contribution in [-0.2, 0) is 6.42 Å². The molecule has 2 rings (SSSR count). The fourth-order valence-corrected chi connectivity index (χ4v) is 1.91. The third-order valence-corrected chi connectivity index (χ3v) is 2.83. The number of methoxy groups -OCH3 is 1. The highest BCUT2D eigenvalue weighted by atomic mass is 16.5. The van der Waals surface area contributed by atoms with Crippen molar-refractivity contribution in [3.05, 3.63) is 59.2 Å². The molecule has 0 atom stereocenters. The summed E-state index contributed by atoms with van der Waals surface area (Å²) in [6.45, 7) is 1.98. The van der Waals surface area contributed by atoms with Gasteiger partial charge in [-0.25, -0.2) is 0 Å². The minimum atomic E-state index is 0.288. The highest BCUT2D eigenvalue weighted by Gasteiger charge is 2.07. The zero-order chi connectivity index (χ0) is 12.3. The fraction of sp³-hybridized carbons (Fsp3) is 0.200. The van der Waals surface area contributed by atoms with Gasteiger partial charge in [0.25, 0.3) is 0 Å². The van der Waals surface area contributed by atoms with Crippen molar-refractivity contribution in [2.45, 2.75) is 13.3 Å². The molecule has 2 aromatic carbocycles. The minimum absolute atomic E-state index is 0.288.